The van der Waals surface area contributed by atoms with Crippen molar-refractivity contribution in [3.8, 4) is 5.75 Å². The van der Waals surface area contributed by atoms with E-state index in [1.807, 2.05) is 36.4 Å². The maximum absolute atomic E-state index is 10.9. The molecule has 4 nitrogen and oxygen atoms in total. The summed E-state index contributed by atoms with van der Waals surface area (Å²) in [6.45, 7) is 1.49. The minimum atomic E-state index is -1.01. The molecule has 19 heavy (non-hydrogen) atoms. The van der Waals surface area contributed by atoms with Crippen LogP contribution in [0.15, 0.2) is 46.9 Å². The van der Waals surface area contributed by atoms with Crippen molar-refractivity contribution in [2.75, 3.05) is 0 Å². The van der Waals surface area contributed by atoms with E-state index < -0.39 is 12.1 Å². The SMILES string of the molecule is C[C@H](Oc1cccc2c1oc1ccccc12)C(=O)O. The summed E-state index contributed by atoms with van der Waals surface area (Å²) in [7, 11) is 0. The summed E-state index contributed by atoms with van der Waals surface area (Å²) < 4.78 is 11.2. The number of carboxylic acid groups (broad SMARTS) is 1. The Hall–Kier alpha value is -2.49. The molecule has 0 aliphatic rings. The van der Waals surface area contributed by atoms with Crippen molar-refractivity contribution in [1.29, 1.82) is 0 Å². The molecule has 0 aliphatic carbocycles. The molecule has 0 aliphatic heterocycles. The number of carbonyl (C=O) groups is 1. The second-order valence-electron chi connectivity index (χ2n) is 4.33. The lowest BCUT2D eigenvalue weighted by Crippen LogP contribution is -2.22. The van der Waals surface area contributed by atoms with Crippen LogP contribution < -0.4 is 4.74 Å². The minimum absolute atomic E-state index is 0.448. The van der Waals surface area contributed by atoms with E-state index in [0.717, 1.165) is 16.4 Å². The Kier molecular flexibility index (Phi) is 2.63. The lowest BCUT2D eigenvalue weighted by atomic mass is 10.1. The first-order chi connectivity index (χ1) is 9.16. The van der Waals surface area contributed by atoms with Crippen molar-refractivity contribution < 1.29 is 19.1 Å². The van der Waals surface area contributed by atoms with Crippen molar-refractivity contribution in [1.82, 2.24) is 0 Å². The molecule has 1 heterocycles. The highest BCUT2D eigenvalue weighted by atomic mass is 16.5. The highest BCUT2D eigenvalue weighted by molar-refractivity contribution is 6.06. The number of benzene rings is 2. The van der Waals surface area contributed by atoms with Gasteiger partial charge >= 0.3 is 5.97 Å². The molecule has 0 spiro atoms. The second kappa shape index (κ2) is 4.31. The first-order valence-electron chi connectivity index (χ1n) is 5.96. The van der Waals surface area contributed by atoms with E-state index in [9.17, 15) is 4.79 Å². The largest absolute Gasteiger partial charge is 0.479 e. The lowest BCUT2D eigenvalue weighted by molar-refractivity contribution is -0.144. The number of para-hydroxylation sites is 2. The average Bonchev–Trinajstić information content (AvgIpc) is 2.78. The third-order valence-electron chi connectivity index (χ3n) is 3.02. The van der Waals surface area contributed by atoms with E-state index in [0.29, 0.717) is 11.3 Å². The summed E-state index contributed by atoms with van der Waals surface area (Å²) in [5.74, 6) is -0.559. The molecule has 4 heteroatoms. The molecule has 0 amide bonds. The van der Waals surface area contributed by atoms with E-state index >= 15 is 0 Å². The molecule has 0 fully saturated rings. The lowest BCUT2D eigenvalue weighted by Gasteiger charge is -2.10. The number of hydrogen-bond donors (Lipinski definition) is 1. The number of fused-ring (bicyclic) bond motifs is 3. The van der Waals surface area contributed by atoms with E-state index in [4.69, 9.17) is 14.3 Å². The van der Waals surface area contributed by atoms with Crippen LogP contribution in [-0.2, 0) is 4.79 Å². The Balaban J connectivity index is 2.18. The molecule has 1 N–H and O–H groups in total. The van der Waals surface area contributed by atoms with Crippen LogP contribution in [0.5, 0.6) is 5.75 Å². The first kappa shape index (κ1) is 11.6. The summed E-state index contributed by atoms with van der Waals surface area (Å²) in [5, 5.41) is 10.8. The van der Waals surface area contributed by atoms with Gasteiger partial charge in [0.2, 0.25) is 0 Å². The Morgan fingerprint density at radius 1 is 1.16 bits per heavy atom. The van der Waals surface area contributed by atoms with Gasteiger partial charge in [-0.15, -0.1) is 0 Å². The third kappa shape index (κ3) is 1.91. The number of furan rings is 1. The Labute approximate surface area is 109 Å². The number of aliphatic carboxylic acids is 1. The molecule has 3 rings (SSSR count). The van der Waals surface area contributed by atoms with E-state index in [-0.39, 0.29) is 0 Å². The second-order valence-corrected chi connectivity index (χ2v) is 4.33. The van der Waals surface area contributed by atoms with Gasteiger partial charge in [-0.3, -0.25) is 0 Å². The van der Waals surface area contributed by atoms with Crippen LogP contribution in [0.1, 0.15) is 6.92 Å². The monoisotopic (exact) mass is 256 g/mol. The van der Waals surface area contributed by atoms with Crippen LogP contribution in [0.2, 0.25) is 0 Å². The maximum atomic E-state index is 10.9. The van der Waals surface area contributed by atoms with Crippen LogP contribution in [0.25, 0.3) is 21.9 Å². The molecule has 1 aromatic heterocycles. The quantitative estimate of drug-likeness (QED) is 0.779. The Bertz CT molecular complexity index is 757. The van der Waals surface area contributed by atoms with Gasteiger partial charge in [-0.2, -0.15) is 0 Å². The molecule has 2 aromatic carbocycles. The average molecular weight is 256 g/mol. The van der Waals surface area contributed by atoms with Gasteiger partial charge < -0.3 is 14.3 Å². The summed E-state index contributed by atoms with van der Waals surface area (Å²) in [5.41, 5.74) is 1.34. The van der Waals surface area contributed by atoms with Gasteiger partial charge in [0.05, 0.1) is 0 Å². The first-order valence-corrected chi connectivity index (χ1v) is 5.96. The van der Waals surface area contributed by atoms with Crippen LogP contribution >= 0.6 is 0 Å². The van der Waals surface area contributed by atoms with Crippen molar-refractivity contribution in [3.63, 3.8) is 0 Å². The predicted molar refractivity (Wildman–Crippen MR) is 71.4 cm³/mol. The predicted octanol–water partition coefficient (Wildman–Crippen LogP) is 3.44. The zero-order valence-electron chi connectivity index (χ0n) is 10.3. The fourth-order valence-corrected chi connectivity index (χ4v) is 2.05. The number of rotatable bonds is 3. The smallest absolute Gasteiger partial charge is 0.344 e. The van der Waals surface area contributed by atoms with Gasteiger partial charge in [0.15, 0.2) is 17.4 Å². The van der Waals surface area contributed by atoms with Crippen LogP contribution in [0, 0.1) is 0 Å². The maximum Gasteiger partial charge on any atom is 0.344 e. The third-order valence-corrected chi connectivity index (χ3v) is 3.02. The van der Waals surface area contributed by atoms with Crippen molar-refractivity contribution >= 4 is 27.9 Å². The van der Waals surface area contributed by atoms with Crippen molar-refractivity contribution in [3.05, 3.63) is 42.5 Å². The van der Waals surface area contributed by atoms with Gasteiger partial charge in [0.25, 0.3) is 0 Å². The fourth-order valence-electron chi connectivity index (χ4n) is 2.05. The van der Waals surface area contributed by atoms with Gasteiger partial charge in [-0.05, 0) is 19.1 Å². The topological polar surface area (TPSA) is 59.7 Å². The molecule has 0 unspecified atom stereocenters. The number of ether oxygens (including phenoxy) is 1. The Morgan fingerprint density at radius 2 is 1.89 bits per heavy atom. The van der Waals surface area contributed by atoms with Gasteiger partial charge in [0.1, 0.15) is 5.58 Å². The van der Waals surface area contributed by atoms with Crippen LogP contribution in [0.4, 0.5) is 0 Å². The van der Waals surface area contributed by atoms with Gasteiger partial charge in [-0.1, -0.05) is 30.3 Å². The van der Waals surface area contributed by atoms with E-state index in [1.165, 1.54) is 6.92 Å². The molecule has 1 atom stereocenters. The molecule has 3 aromatic rings. The highest BCUT2D eigenvalue weighted by Crippen LogP contribution is 2.34. The minimum Gasteiger partial charge on any atom is -0.479 e. The summed E-state index contributed by atoms with van der Waals surface area (Å²) in [6.07, 6.45) is -0.918. The van der Waals surface area contributed by atoms with Gasteiger partial charge in [-0.25, -0.2) is 4.79 Å². The zero-order chi connectivity index (χ0) is 13.4. The van der Waals surface area contributed by atoms with Crippen LogP contribution in [-0.4, -0.2) is 17.2 Å². The van der Waals surface area contributed by atoms with Crippen LogP contribution in [0.3, 0.4) is 0 Å². The number of carboxylic acids is 1. The summed E-state index contributed by atoms with van der Waals surface area (Å²) in [4.78, 5) is 10.9. The van der Waals surface area contributed by atoms with Crippen molar-refractivity contribution in [2.45, 2.75) is 13.0 Å². The molecular formula is C15H12O4. The molecule has 0 saturated carbocycles. The zero-order valence-corrected chi connectivity index (χ0v) is 10.3. The Morgan fingerprint density at radius 3 is 2.68 bits per heavy atom. The van der Waals surface area contributed by atoms with E-state index in [1.54, 1.807) is 6.07 Å². The molecule has 0 bridgehead atoms. The summed E-state index contributed by atoms with van der Waals surface area (Å²) in [6, 6.07) is 13.1. The van der Waals surface area contributed by atoms with Crippen molar-refractivity contribution in [2.24, 2.45) is 0 Å². The molecule has 96 valence electrons. The summed E-state index contributed by atoms with van der Waals surface area (Å²) >= 11 is 0. The normalized spacial score (nSPS) is 12.7. The fraction of sp³-hybridized carbons (Fsp3) is 0.133. The van der Waals surface area contributed by atoms with E-state index in [2.05, 4.69) is 0 Å². The molecular weight excluding hydrogens is 244 g/mol. The highest BCUT2D eigenvalue weighted by Gasteiger charge is 2.16. The van der Waals surface area contributed by atoms with Gasteiger partial charge in [0, 0.05) is 10.8 Å². The molecule has 0 radical (unpaired) electrons. The standard InChI is InChI=1S/C15H12O4/c1-9(15(16)17)18-13-8-4-6-11-10-5-2-3-7-12(10)19-14(11)13/h2-9H,1H3,(H,16,17)/t9-/m0/s1. The number of hydrogen-bond acceptors (Lipinski definition) is 3. The molecule has 0 saturated heterocycles.